The van der Waals surface area contributed by atoms with Gasteiger partial charge in [0, 0.05) is 24.2 Å². The molecule has 2 heterocycles. The molecular formula is C19H25N3O2. The van der Waals surface area contributed by atoms with Gasteiger partial charge in [-0.3, -0.25) is 4.98 Å². The van der Waals surface area contributed by atoms with Gasteiger partial charge in [0.05, 0.1) is 17.3 Å². The van der Waals surface area contributed by atoms with Crippen LogP contribution in [-0.4, -0.2) is 30.3 Å². The van der Waals surface area contributed by atoms with E-state index >= 15 is 0 Å². The van der Waals surface area contributed by atoms with E-state index in [1.54, 1.807) is 0 Å². The molecule has 5 nitrogen and oxygen atoms in total. The normalized spacial score (nSPS) is 17.1. The van der Waals surface area contributed by atoms with Gasteiger partial charge in [-0.1, -0.05) is 6.07 Å². The number of carbonyl (C=O) groups is 1. The Bertz CT molecular complexity index is 696. The number of anilines is 1. The van der Waals surface area contributed by atoms with Gasteiger partial charge in [-0.2, -0.15) is 0 Å². The van der Waals surface area contributed by atoms with Crippen LogP contribution in [0, 0.1) is 6.92 Å². The van der Waals surface area contributed by atoms with Gasteiger partial charge < -0.3 is 15.4 Å². The number of ether oxygens (including phenoxy) is 1. The number of pyridine rings is 1. The topological polar surface area (TPSA) is 63.2 Å². The van der Waals surface area contributed by atoms with Gasteiger partial charge in [0.2, 0.25) is 0 Å². The maximum atomic E-state index is 12.1. The van der Waals surface area contributed by atoms with Crippen molar-refractivity contribution in [1.82, 2.24) is 10.3 Å². The lowest BCUT2D eigenvalue weighted by atomic mass is 10.1. The standard InChI is InChI=1S/C19H25N3O2/c1-14-10-11-16-17(21-14)8-4-9-18(16)22-19(23)20-12-3-2-6-15-7-5-13-24-15/h4,8-11,15H,2-3,5-7,12-13H2,1H3,(H2,20,22,23)/t15-/m0/s1. The molecule has 0 spiro atoms. The molecule has 2 aromatic rings. The van der Waals surface area contributed by atoms with Crippen molar-refractivity contribution in [3.05, 3.63) is 36.0 Å². The zero-order chi connectivity index (χ0) is 16.8. The van der Waals surface area contributed by atoms with E-state index in [0.717, 1.165) is 48.2 Å². The molecule has 0 aliphatic carbocycles. The molecule has 0 saturated carbocycles. The number of unbranched alkanes of at least 4 members (excludes halogenated alkanes) is 1. The summed E-state index contributed by atoms with van der Waals surface area (Å²) in [5.41, 5.74) is 2.65. The molecule has 1 aromatic carbocycles. The average Bonchev–Trinajstić information content (AvgIpc) is 3.08. The van der Waals surface area contributed by atoms with Gasteiger partial charge in [-0.25, -0.2) is 4.79 Å². The second kappa shape index (κ2) is 8.11. The van der Waals surface area contributed by atoms with Crippen LogP contribution in [0.5, 0.6) is 0 Å². The fraction of sp³-hybridized carbons (Fsp3) is 0.474. The summed E-state index contributed by atoms with van der Waals surface area (Å²) in [5.74, 6) is 0. The second-order valence-electron chi connectivity index (χ2n) is 6.34. The van der Waals surface area contributed by atoms with E-state index in [1.807, 2.05) is 37.3 Å². The molecule has 3 rings (SSSR count). The molecule has 128 valence electrons. The summed E-state index contributed by atoms with van der Waals surface area (Å²) >= 11 is 0. The number of nitrogens with zero attached hydrogens (tertiary/aromatic N) is 1. The van der Waals surface area contributed by atoms with Gasteiger partial charge in [0.15, 0.2) is 0 Å². The number of aromatic nitrogens is 1. The highest BCUT2D eigenvalue weighted by atomic mass is 16.5. The SMILES string of the molecule is Cc1ccc2c(NC(=O)NCCCC[C@H]3CCCO3)cccc2n1. The number of aryl methyl sites for hydroxylation is 1. The third-order valence-corrected chi connectivity index (χ3v) is 4.38. The molecule has 5 heteroatoms. The third kappa shape index (κ3) is 4.45. The summed E-state index contributed by atoms with van der Waals surface area (Å²) < 4.78 is 5.60. The van der Waals surface area contributed by atoms with Crippen LogP contribution in [0.25, 0.3) is 10.9 Å². The van der Waals surface area contributed by atoms with Crippen molar-refractivity contribution >= 4 is 22.6 Å². The van der Waals surface area contributed by atoms with Gasteiger partial charge >= 0.3 is 6.03 Å². The number of urea groups is 1. The molecule has 1 aliphatic heterocycles. The van der Waals surface area contributed by atoms with E-state index < -0.39 is 0 Å². The molecule has 0 unspecified atom stereocenters. The quantitative estimate of drug-likeness (QED) is 0.788. The Hall–Kier alpha value is -2.14. The molecule has 1 atom stereocenters. The predicted octanol–water partition coefficient (Wildman–Crippen LogP) is 4.01. The number of nitrogens with one attached hydrogen (secondary N) is 2. The average molecular weight is 327 g/mol. The first-order valence-electron chi connectivity index (χ1n) is 8.75. The smallest absolute Gasteiger partial charge is 0.319 e. The summed E-state index contributed by atoms with van der Waals surface area (Å²) in [6.07, 6.45) is 5.96. The van der Waals surface area contributed by atoms with Crippen LogP contribution in [0.15, 0.2) is 30.3 Å². The van der Waals surface area contributed by atoms with Crippen LogP contribution >= 0.6 is 0 Å². The first-order chi connectivity index (χ1) is 11.7. The molecule has 1 aromatic heterocycles. The van der Waals surface area contributed by atoms with Gasteiger partial charge in [-0.15, -0.1) is 0 Å². The van der Waals surface area contributed by atoms with Crippen LogP contribution in [0.1, 0.15) is 37.8 Å². The molecule has 2 amide bonds. The first-order valence-corrected chi connectivity index (χ1v) is 8.75. The predicted molar refractivity (Wildman–Crippen MR) is 96.3 cm³/mol. The zero-order valence-corrected chi connectivity index (χ0v) is 14.2. The number of rotatable bonds is 6. The molecular weight excluding hydrogens is 302 g/mol. The number of amides is 2. The fourth-order valence-electron chi connectivity index (χ4n) is 3.10. The van der Waals surface area contributed by atoms with Crippen molar-refractivity contribution < 1.29 is 9.53 Å². The monoisotopic (exact) mass is 327 g/mol. The van der Waals surface area contributed by atoms with Crippen molar-refractivity contribution in [3.63, 3.8) is 0 Å². The number of carbonyl (C=O) groups excluding carboxylic acids is 1. The number of benzene rings is 1. The van der Waals surface area contributed by atoms with E-state index in [9.17, 15) is 4.79 Å². The highest BCUT2D eigenvalue weighted by molar-refractivity contribution is 6.00. The highest BCUT2D eigenvalue weighted by Crippen LogP contribution is 2.22. The summed E-state index contributed by atoms with van der Waals surface area (Å²) in [6, 6.07) is 9.55. The minimum Gasteiger partial charge on any atom is -0.378 e. The lowest BCUT2D eigenvalue weighted by molar-refractivity contribution is 0.102. The Morgan fingerprint density at radius 3 is 3.04 bits per heavy atom. The number of hydrogen-bond donors (Lipinski definition) is 2. The van der Waals surface area contributed by atoms with Crippen LogP contribution in [0.2, 0.25) is 0 Å². The van der Waals surface area contributed by atoms with E-state index in [0.29, 0.717) is 12.6 Å². The summed E-state index contributed by atoms with van der Waals surface area (Å²) in [4.78, 5) is 16.6. The summed E-state index contributed by atoms with van der Waals surface area (Å²) in [7, 11) is 0. The van der Waals surface area contributed by atoms with Crippen LogP contribution < -0.4 is 10.6 Å². The maximum absolute atomic E-state index is 12.1. The molecule has 2 N–H and O–H groups in total. The van der Waals surface area contributed by atoms with Gasteiger partial charge in [0.25, 0.3) is 0 Å². The molecule has 1 saturated heterocycles. The van der Waals surface area contributed by atoms with Crippen molar-refractivity contribution in [2.75, 3.05) is 18.5 Å². The summed E-state index contributed by atoms with van der Waals surface area (Å²) in [5, 5.41) is 6.80. The van der Waals surface area contributed by atoms with Gasteiger partial charge in [0.1, 0.15) is 0 Å². The van der Waals surface area contributed by atoms with Crippen LogP contribution in [-0.2, 0) is 4.74 Å². The zero-order valence-electron chi connectivity index (χ0n) is 14.2. The van der Waals surface area contributed by atoms with Crippen LogP contribution in [0.4, 0.5) is 10.5 Å². The van der Waals surface area contributed by atoms with E-state index in [4.69, 9.17) is 4.74 Å². The van der Waals surface area contributed by atoms with Crippen molar-refractivity contribution in [3.8, 4) is 0 Å². The van der Waals surface area contributed by atoms with E-state index in [-0.39, 0.29) is 6.03 Å². The first kappa shape index (κ1) is 16.7. The van der Waals surface area contributed by atoms with E-state index in [2.05, 4.69) is 15.6 Å². The Balaban J connectivity index is 1.45. The molecule has 1 aliphatic rings. The minimum absolute atomic E-state index is 0.166. The van der Waals surface area contributed by atoms with E-state index in [1.165, 1.54) is 12.8 Å². The Morgan fingerprint density at radius 2 is 2.21 bits per heavy atom. The van der Waals surface area contributed by atoms with Crippen molar-refractivity contribution in [1.29, 1.82) is 0 Å². The largest absolute Gasteiger partial charge is 0.378 e. The Kier molecular flexibility index (Phi) is 5.64. The molecule has 0 bridgehead atoms. The third-order valence-electron chi connectivity index (χ3n) is 4.38. The number of fused-ring (bicyclic) bond motifs is 1. The molecule has 0 radical (unpaired) electrons. The highest BCUT2D eigenvalue weighted by Gasteiger charge is 2.14. The van der Waals surface area contributed by atoms with Crippen LogP contribution in [0.3, 0.4) is 0 Å². The van der Waals surface area contributed by atoms with Crippen molar-refractivity contribution in [2.45, 2.75) is 45.1 Å². The fourth-order valence-corrected chi connectivity index (χ4v) is 3.10. The van der Waals surface area contributed by atoms with Gasteiger partial charge in [-0.05, 0) is 63.3 Å². The lowest BCUT2D eigenvalue weighted by Crippen LogP contribution is -2.29. The molecule has 1 fully saturated rings. The minimum atomic E-state index is -0.166. The maximum Gasteiger partial charge on any atom is 0.319 e. The Labute approximate surface area is 142 Å². The Morgan fingerprint density at radius 1 is 1.29 bits per heavy atom. The number of hydrogen-bond acceptors (Lipinski definition) is 3. The van der Waals surface area contributed by atoms with Crippen molar-refractivity contribution in [2.24, 2.45) is 0 Å². The molecule has 24 heavy (non-hydrogen) atoms. The second-order valence-corrected chi connectivity index (χ2v) is 6.34. The summed E-state index contributed by atoms with van der Waals surface area (Å²) in [6.45, 7) is 3.55. The lowest BCUT2D eigenvalue weighted by Gasteiger charge is -2.11.